The number of anilines is 1. The molecule has 0 aromatic heterocycles. The van der Waals surface area contributed by atoms with Gasteiger partial charge in [0, 0.05) is 31.7 Å². The van der Waals surface area contributed by atoms with E-state index in [0.29, 0.717) is 25.4 Å². The molecule has 0 aliphatic carbocycles. The van der Waals surface area contributed by atoms with Crippen LogP contribution in [0.25, 0.3) is 0 Å². The van der Waals surface area contributed by atoms with Gasteiger partial charge in [-0.2, -0.15) is 0 Å². The van der Waals surface area contributed by atoms with Crippen molar-refractivity contribution >= 4 is 17.5 Å². The number of fused-ring (bicyclic) bond motifs is 1. The van der Waals surface area contributed by atoms with Crippen LogP contribution >= 0.6 is 0 Å². The molecule has 0 radical (unpaired) electrons. The zero-order chi connectivity index (χ0) is 19.0. The highest BCUT2D eigenvalue weighted by molar-refractivity contribution is 6.00. The molecule has 2 aliphatic rings. The molecule has 0 N–H and O–H groups in total. The van der Waals surface area contributed by atoms with Crippen LogP contribution in [0.15, 0.2) is 48.5 Å². The maximum absolute atomic E-state index is 13.1. The minimum absolute atomic E-state index is 0.0408. The number of carbonyl (C=O) groups is 2. The summed E-state index contributed by atoms with van der Waals surface area (Å²) in [5.41, 5.74) is 4.79. The highest BCUT2D eigenvalue weighted by Crippen LogP contribution is 2.29. The highest BCUT2D eigenvalue weighted by Gasteiger charge is 2.37. The second-order valence-corrected chi connectivity index (χ2v) is 7.93. The molecule has 4 rings (SSSR count). The molecule has 1 fully saturated rings. The van der Waals surface area contributed by atoms with Crippen LogP contribution in [0.3, 0.4) is 0 Å². The lowest BCUT2D eigenvalue weighted by atomic mass is 9.93. The van der Waals surface area contributed by atoms with Crippen LogP contribution in [0.2, 0.25) is 0 Å². The van der Waals surface area contributed by atoms with Gasteiger partial charge in [0.15, 0.2) is 0 Å². The van der Waals surface area contributed by atoms with Crippen molar-refractivity contribution in [3.63, 3.8) is 0 Å². The number of hydrogen-bond donors (Lipinski definition) is 0. The minimum atomic E-state index is -0.243. The van der Waals surface area contributed by atoms with E-state index in [1.807, 2.05) is 35.2 Å². The largest absolute Gasteiger partial charge is 0.338 e. The average molecular weight is 362 g/mol. The number of para-hydroxylation sites is 1. The summed E-state index contributed by atoms with van der Waals surface area (Å²) >= 11 is 0. The van der Waals surface area contributed by atoms with E-state index < -0.39 is 0 Å². The highest BCUT2D eigenvalue weighted by atomic mass is 16.2. The van der Waals surface area contributed by atoms with Crippen LogP contribution in [0.4, 0.5) is 5.69 Å². The Labute approximate surface area is 160 Å². The predicted molar refractivity (Wildman–Crippen MR) is 107 cm³/mol. The summed E-state index contributed by atoms with van der Waals surface area (Å²) in [6.45, 7) is 6.26. The van der Waals surface area contributed by atoms with E-state index in [4.69, 9.17) is 0 Å². The van der Waals surface area contributed by atoms with E-state index in [1.165, 1.54) is 16.7 Å². The van der Waals surface area contributed by atoms with Gasteiger partial charge < -0.3 is 9.80 Å². The van der Waals surface area contributed by atoms with Crippen molar-refractivity contribution in [2.45, 2.75) is 39.2 Å². The Balaban J connectivity index is 1.48. The van der Waals surface area contributed by atoms with Crippen molar-refractivity contribution in [3.8, 4) is 0 Å². The number of hydrogen-bond acceptors (Lipinski definition) is 2. The van der Waals surface area contributed by atoms with E-state index in [9.17, 15) is 9.59 Å². The molecule has 4 nitrogen and oxygen atoms in total. The maximum Gasteiger partial charge on any atom is 0.228 e. The zero-order valence-corrected chi connectivity index (χ0v) is 16.0. The molecule has 2 aliphatic heterocycles. The Kier molecular flexibility index (Phi) is 4.73. The quantitative estimate of drug-likeness (QED) is 0.834. The Morgan fingerprint density at radius 1 is 1.07 bits per heavy atom. The Bertz CT molecular complexity index is 860. The fraction of sp³-hybridized carbons (Fsp3) is 0.391. The first-order valence-electron chi connectivity index (χ1n) is 9.79. The molecule has 1 atom stereocenters. The van der Waals surface area contributed by atoms with Crippen LogP contribution in [-0.4, -0.2) is 29.8 Å². The first-order valence-corrected chi connectivity index (χ1v) is 9.79. The van der Waals surface area contributed by atoms with Gasteiger partial charge in [-0.25, -0.2) is 0 Å². The van der Waals surface area contributed by atoms with Crippen molar-refractivity contribution in [2.24, 2.45) is 5.92 Å². The smallest absolute Gasteiger partial charge is 0.228 e. The lowest BCUT2D eigenvalue weighted by Gasteiger charge is -2.31. The van der Waals surface area contributed by atoms with Crippen molar-refractivity contribution in [3.05, 3.63) is 65.2 Å². The third kappa shape index (κ3) is 3.48. The molecule has 27 heavy (non-hydrogen) atoms. The molecule has 0 bridgehead atoms. The summed E-state index contributed by atoms with van der Waals surface area (Å²) in [4.78, 5) is 29.2. The van der Waals surface area contributed by atoms with E-state index in [2.05, 4.69) is 32.0 Å². The number of carbonyl (C=O) groups excluding carboxylic acids is 2. The first kappa shape index (κ1) is 17.8. The van der Waals surface area contributed by atoms with Crippen LogP contribution in [0.5, 0.6) is 0 Å². The molecule has 140 valence electrons. The van der Waals surface area contributed by atoms with Crippen molar-refractivity contribution in [2.75, 3.05) is 18.0 Å². The molecular formula is C23H26N2O2. The van der Waals surface area contributed by atoms with Gasteiger partial charge in [-0.1, -0.05) is 50.2 Å². The summed E-state index contributed by atoms with van der Waals surface area (Å²) < 4.78 is 0. The van der Waals surface area contributed by atoms with Gasteiger partial charge in [-0.05, 0) is 41.2 Å². The van der Waals surface area contributed by atoms with Crippen LogP contribution < -0.4 is 4.90 Å². The topological polar surface area (TPSA) is 40.6 Å². The molecule has 2 amide bonds. The van der Waals surface area contributed by atoms with Gasteiger partial charge in [0.1, 0.15) is 0 Å². The number of amides is 2. The second kappa shape index (κ2) is 7.18. The predicted octanol–water partition coefficient (Wildman–Crippen LogP) is 3.75. The van der Waals surface area contributed by atoms with Crippen LogP contribution in [0, 0.1) is 5.92 Å². The summed E-state index contributed by atoms with van der Waals surface area (Å²) in [6.07, 6.45) is 1.20. The molecule has 2 aromatic carbocycles. The Morgan fingerprint density at radius 3 is 2.59 bits per heavy atom. The summed E-state index contributed by atoms with van der Waals surface area (Å²) in [5, 5.41) is 0. The second-order valence-electron chi connectivity index (χ2n) is 7.93. The Morgan fingerprint density at radius 2 is 1.85 bits per heavy atom. The van der Waals surface area contributed by atoms with Crippen LogP contribution in [-0.2, 0) is 22.6 Å². The van der Waals surface area contributed by atoms with Gasteiger partial charge in [0.25, 0.3) is 0 Å². The summed E-state index contributed by atoms with van der Waals surface area (Å²) in [5.74, 6) is 0.391. The number of benzene rings is 2. The molecule has 2 heterocycles. The standard InChI is InChI=1S/C23H26N2O2/c1-16(2)18-9-8-17-10-11-24(14-19(17)12-18)23(27)20-13-22(26)25(15-20)21-6-4-3-5-7-21/h3-9,12,16,20H,10-11,13-15H2,1-2H3. The van der Waals surface area contributed by atoms with Gasteiger partial charge in [-0.15, -0.1) is 0 Å². The monoisotopic (exact) mass is 362 g/mol. The van der Waals surface area contributed by atoms with Crippen molar-refractivity contribution in [1.82, 2.24) is 4.90 Å². The Hall–Kier alpha value is -2.62. The van der Waals surface area contributed by atoms with E-state index in [-0.39, 0.29) is 17.7 Å². The maximum atomic E-state index is 13.1. The third-order valence-corrected chi connectivity index (χ3v) is 5.76. The SMILES string of the molecule is CC(C)c1ccc2c(c1)CN(C(=O)C1CC(=O)N(c3ccccc3)C1)CC2. The van der Waals surface area contributed by atoms with Gasteiger partial charge >= 0.3 is 0 Å². The molecular weight excluding hydrogens is 336 g/mol. The van der Waals surface area contributed by atoms with Crippen molar-refractivity contribution < 1.29 is 9.59 Å². The van der Waals surface area contributed by atoms with Gasteiger partial charge in [-0.3, -0.25) is 9.59 Å². The normalized spacial score (nSPS) is 19.5. The fourth-order valence-corrected chi connectivity index (χ4v) is 4.11. The van der Waals surface area contributed by atoms with Gasteiger partial charge in [0.05, 0.1) is 5.92 Å². The zero-order valence-electron chi connectivity index (χ0n) is 16.0. The van der Waals surface area contributed by atoms with Crippen LogP contribution in [0.1, 0.15) is 42.9 Å². The lowest BCUT2D eigenvalue weighted by Crippen LogP contribution is -2.40. The number of rotatable bonds is 3. The first-order chi connectivity index (χ1) is 13.0. The van der Waals surface area contributed by atoms with E-state index in [0.717, 1.165) is 18.7 Å². The molecule has 1 saturated heterocycles. The molecule has 0 saturated carbocycles. The fourth-order valence-electron chi connectivity index (χ4n) is 4.11. The summed E-state index contributed by atoms with van der Waals surface area (Å²) in [7, 11) is 0. The summed E-state index contributed by atoms with van der Waals surface area (Å²) in [6, 6.07) is 16.3. The van der Waals surface area contributed by atoms with E-state index in [1.54, 1.807) is 4.90 Å². The molecule has 0 spiro atoms. The van der Waals surface area contributed by atoms with Gasteiger partial charge in [0.2, 0.25) is 11.8 Å². The minimum Gasteiger partial charge on any atom is -0.338 e. The average Bonchev–Trinajstić information content (AvgIpc) is 3.08. The van der Waals surface area contributed by atoms with E-state index >= 15 is 0 Å². The molecule has 1 unspecified atom stereocenters. The third-order valence-electron chi connectivity index (χ3n) is 5.76. The number of nitrogens with zero attached hydrogens (tertiary/aromatic N) is 2. The van der Waals surface area contributed by atoms with Crippen molar-refractivity contribution in [1.29, 1.82) is 0 Å². The molecule has 4 heteroatoms. The molecule has 2 aromatic rings. The lowest BCUT2D eigenvalue weighted by molar-refractivity contribution is -0.136.